The van der Waals surface area contributed by atoms with Crippen LogP contribution in [0.25, 0.3) is 0 Å². The van der Waals surface area contributed by atoms with Crippen LogP contribution in [-0.4, -0.2) is 17.1 Å². The Hall–Kier alpha value is -1.09. The predicted octanol–water partition coefficient (Wildman–Crippen LogP) is 4.09. The van der Waals surface area contributed by atoms with Gasteiger partial charge in [0.05, 0.1) is 0 Å². The van der Waals surface area contributed by atoms with E-state index in [0.717, 1.165) is 31.0 Å². The average Bonchev–Trinajstić information content (AvgIpc) is 2.25. The number of nitrogens with one attached hydrogen (secondary N) is 2. The summed E-state index contributed by atoms with van der Waals surface area (Å²) in [5.41, 5.74) is 2.53. The first kappa shape index (κ1) is 17.0. The molecule has 0 atom stereocenters. The molecule has 2 N–H and O–H groups in total. The molecule has 0 amide bonds. The first-order valence-corrected chi connectivity index (χ1v) is 7.62. The first-order valence-electron chi connectivity index (χ1n) is 7.62. The molecular weight excluding hydrogens is 246 g/mol. The van der Waals surface area contributed by atoms with Crippen molar-refractivity contribution in [2.75, 3.05) is 11.9 Å². The van der Waals surface area contributed by atoms with Crippen LogP contribution in [0.15, 0.2) is 12.1 Å². The normalized spacial score (nSPS) is 12.6. The molecular formula is C17H31N3. The third kappa shape index (κ3) is 5.91. The minimum absolute atomic E-state index is 0.0254. The Bertz CT molecular complexity index is 425. The van der Waals surface area contributed by atoms with E-state index in [4.69, 9.17) is 4.98 Å². The number of anilines is 1. The minimum Gasteiger partial charge on any atom is -0.365 e. The summed E-state index contributed by atoms with van der Waals surface area (Å²) < 4.78 is 0. The van der Waals surface area contributed by atoms with Crippen molar-refractivity contribution < 1.29 is 0 Å². The van der Waals surface area contributed by atoms with Crippen molar-refractivity contribution in [2.45, 2.75) is 72.4 Å². The molecule has 0 spiro atoms. The molecule has 1 rings (SSSR count). The molecule has 1 aromatic rings. The van der Waals surface area contributed by atoms with E-state index in [1.165, 1.54) is 5.56 Å². The summed E-state index contributed by atoms with van der Waals surface area (Å²) in [6.07, 6.45) is 1.16. The van der Waals surface area contributed by atoms with Crippen LogP contribution in [0, 0.1) is 0 Å². The van der Waals surface area contributed by atoms with Gasteiger partial charge in [-0.15, -0.1) is 0 Å². The number of hydrogen-bond donors (Lipinski definition) is 2. The number of rotatable bonds is 5. The lowest BCUT2D eigenvalue weighted by atomic mass is 9.90. The van der Waals surface area contributed by atoms with E-state index in [1.54, 1.807) is 0 Å². The molecule has 1 heterocycles. The van der Waals surface area contributed by atoms with Crippen LogP contribution in [0.4, 0.5) is 5.82 Å². The van der Waals surface area contributed by atoms with Crippen molar-refractivity contribution in [3.8, 4) is 0 Å². The molecule has 0 unspecified atom stereocenters. The third-order valence-corrected chi connectivity index (χ3v) is 2.91. The fourth-order valence-electron chi connectivity index (χ4n) is 1.93. The molecule has 114 valence electrons. The summed E-state index contributed by atoms with van der Waals surface area (Å²) in [5.74, 6) is 0.971. The lowest BCUT2D eigenvalue weighted by Gasteiger charge is -2.25. The van der Waals surface area contributed by atoms with E-state index in [1.807, 2.05) is 0 Å². The van der Waals surface area contributed by atoms with E-state index in [9.17, 15) is 0 Å². The molecule has 0 saturated heterocycles. The van der Waals surface area contributed by atoms with E-state index in [-0.39, 0.29) is 11.0 Å². The molecule has 0 aliphatic rings. The van der Waals surface area contributed by atoms with Crippen molar-refractivity contribution in [3.05, 3.63) is 23.4 Å². The van der Waals surface area contributed by atoms with Gasteiger partial charge in [-0.1, -0.05) is 27.7 Å². The molecule has 0 saturated carbocycles. The zero-order valence-corrected chi connectivity index (χ0v) is 14.2. The van der Waals surface area contributed by atoms with Gasteiger partial charge >= 0.3 is 0 Å². The van der Waals surface area contributed by atoms with Crippen LogP contribution in [-0.2, 0) is 12.0 Å². The van der Waals surface area contributed by atoms with E-state index >= 15 is 0 Å². The van der Waals surface area contributed by atoms with Gasteiger partial charge in [-0.3, -0.25) is 0 Å². The molecule has 1 aromatic heterocycles. The van der Waals surface area contributed by atoms with Crippen molar-refractivity contribution in [3.63, 3.8) is 0 Å². The second-order valence-electron chi connectivity index (χ2n) is 7.55. The predicted molar refractivity (Wildman–Crippen MR) is 88.3 cm³/mol. The smallest absolute Gasteiger partial charge is 0.126 e. The molecule has 0 aliphatic carbocycles. The van der Waals surface area contributed by atoms with Gasteiger partial charge < -0.3 is 10.6 Å². The van der Waals surface area contributed by atoms with Crippen molar-refractivity contribution in [1.82, 2.24) is 10.3 Å². The van der Waals surface area contributed by atoms with Gasteiger partial charge in [-0.2, -0.15) is 0 Å². The monoisotopic (exact) mass is 277 g/mol. The van der Waals surface area contributed by atoms with Crippen LogP contribution in [0.2, 0.25) is 0 Å². The first-order chi connectivity index (χ1) is 9.12. The van der Waals surface area contributed by atoms with Crippen LogP contribution in [0.3, 0.4) is 0 Å². The highest BCUT2D eigenvalue weighted by Gasteiger charge is 2.18. The van der Waals surface area contributed by atoms with Gasteiger partial charge in [-0.05, 0) is 51.4 Å². The van der Waals surface area contributed by atoms with Gasteiger partial charge in [0, 0.05) is 23.2 Å². The average molecular weight is 277 g/mol. The summed E-state index contributed by atoms with van der Waals surface area (Å²) in [7, 11) is 0. The Labute approximate surface area is 124 Å². The fraction of sp³-hybridized carbons (Fsp3) is 0.706. The lowest BCUT2D eigenvalue weighted by Crippen LogP contribution is -2.28. The van der Waals surface area contributed by atoms with E-state index in [2.05, 4.69) is 71.2 Å². The zero-order chi connectivity index (χ0) is 15.4. The van der Waals surface area contributed by atoms with Gasteiger partial charge in [0.15, 0.2) is 0 Å². The summed E-state index contributed by atoms with van der Waals surface area (Å²) in [5, 5.41) is 6.95. The largest absolute Gasteiger partial charge is 0.365 e. The Balaban J connectivity index is 3.02. The molecule has 0 bridgehead atoms. The molecule has 0 aliphatic heterocycles. The molecule has 0 fully saturated rings. The second-order valence-corrected chi connectivity index (χ2v) is 7.55. The highest BCUT2D eigenvalue weighted by molar-refractivity contribution is 5.43. The number of nitrogens with zero attached hydrogens (tertiary/aromatic N) is 1. The lowest BCUT2D eigenvalue weighted by molar-refractivity contribution is 0.563. The fourth-order valence-corrected chi connectivity index (χ4v) is 1.93. The topological polar surface area (TPSA) is 37.0 Å². The Morgan fingerprint density at radius 1 is 1.05 bits per heavy atom. The summed E-state index contributed by atoms with van der Waals surface area (Å²) in [6.45, 7) is 17.2. The summed E-state index contributed by atoms with van der Waals surface area (Å²) >= 11 is 0. The van der Waals surface area contributed by atoms with Gasteiger partial charge in [0.25, 0.3) is 0 Å². The standard InChI is InChI=1S/C17H31N3/c1-8-9-18-12-13-10-14(16(2,3)4)19-15(11-13)20-17(5,6)7/h10-11,18H,8-9,12H2,1-7H3,(H,19,20). The van der Waals surface area contributed by atoms with Crippen molar-refractivity contribution in [2.24, 2.45) is 0 Å². The van der Waals surface area contributed by atoms with Gasteiger partial charge in [0.2, 0.25) is 0 Å². The second kappa shape index (κ2) is 6.57. The number of hydrogen-bond acceptors (Lipinski definition) is 3. The summed E-state index contributed by atoms with van der Waals surface area (Å²) in [6, 6.07) is 4.37. The maximum atomic E-state index is 4.78. The van der Waals surface area contributed by atoms with Gasteiger partial charge in [-0.25, -0.2) is 4.98 Å². The number of pyridine rings is 1. The van der Waals surface area contributed by atoms with Crippen molar-refractivity contribution in [1.29, 1.82) is 0 Å². The molecule has 0 radical (unpaired) electrons. The van der Waals surface area contributed by atoms with Crippen molar-refractivity contribution >= 4 is 5.82 Å². The quantitative estimate of drug-likeness (QED) is 0.796. The van der Waals surface area contributed by atoms with Crippen LogP contribution >= 0.6 is 0 Å². The molecule has 0 aromatic carbocycles. The van der Waals surface area contributed by atoms with Crippen LogP contribution in [0.5, 0.6) is 0 Å². The van der Waals surface area contributed by atoms with Crippen LogP contribution < -0.4 is 10.6 Å². The van der Waals surface area contributed by atoms with E-state index in [0.29, 0.717) is 0 Å². The number of aromatic nitrogens is 1. The molecule has 20 heavy (non-hydrogen) atoms. The zero-order valence-electron chi connectivity index (χ0n) is 14.2. The summed E-state index contributed by atoms with van der Waals surface area (Å²) in [4.78, 5) is 4.78. The van der Waals surface area contributed by atoms with Crippen LogP contribution in [0.1, 0.15) is 66.1 Å². The van der Waals surface area contributed by atoms with Gasteiger partial charge in [0.1, 0.15) is 5.82 Å². The maximum Gasteiger partial charge on any atom is 0.126 e. The molecule has 3 heteroatoms. The SMILES string of the molecule is CCCNCc1cc(NC(C)(C)C)nc(C(C)(C)C)c1. The Morgan fingerprint density at radius 3 is 2.20 bits per heavy atom. The Morgan fingerprint density at radius 2 is 1.70 bits per heavy atom. The third-order valence-electron chi connectivity index (χ3n) is 2.91. The van der Waals surface area contributed by atoms with E-state index < -0.39 is 0 Å². The maximum absolute atomic E-state index is 4.78. The molecule has 3 nitrogen and oxygen atoms in total. The minimum atomic E-state index is 0.0254. The Kier molecular flexibility index (Phi) is 5.58. The highest BCUT2D eigenvalue weighted by Crippen LogP contribution is 2.24. The highest BCUT2D eigenvalue weighted by atomic mass is 15.0.